The van der Waals surface area contributed by atoms with Crippen LogP contribution in [0.25, 0.3) is 22.2 Å². The number of hydrogen-bond acceptors (Lipinski definition) is 6. The molecule has 1 atom stereocenters. The van der Waals surface area contributed by atoms with Crippen LogP contribution in [0.15, 0.2) is 67.0 Å². The number of piperidine rings is 1. The first kappa shape index (κ1) is 27.4. The SMILES string of the molecule is COc1cc2c(-c3ccc(C(C(N)=O)c4cccc(C(F)(F)F)c4)cc3)ncnc2cc1OCC1CCNCC1. The van der Waals surface area contributed by atoms with Gasteiger partial charge in [0.1, 0.15) is 6.33 Å². The van der Waals surface area contributed by atoms with Gasteiger partial charge >= 0.3 is 6.18 Å². The lowest BCUT2D eigenvalue weighted by molar-refractivity contribution is -0.137. The van der Waals surface area contributed by atoms with Crippen molar-refractivity contribution in [2.75, 3.05) is 26.8 Å². The number of aromatic nitrogens is 2. The Morgan fingerprint density at radius 3 is 2.45 bits per heavy atom. The van der Waals surface area contributed by atoms with E-state index < -0.39 is 23.6 Å². The van der Waals surface area contributed by atoms with Crippen LogP contribution in [-0.4, -0.2) is 42.7 Å². The number of fused-ring (bicyclic) bond motifs is 1. The van der Waals surface area contributed by atoms with Crippen molar-refractivity contribution < 1.29 is 27.4 Å². The highest BCUT2D eigenvalue weighted by Gasteiger charge is 2.32. The fourth-order valence-electron chi connectivity index (χ4n) is 5.07. The first-order valence-electron chi connectivity index (χ1n) is 13.0. The highest BCUT2D eigenvalue weighted by molar-refractivity contribution is 5.94. The van der Waals surface area contributed by atoms with Crippen LogP contribution in [0.1, 0.15) is 35.4 Å². The summed E-state index contributed by atoms with van der Waals surface area (Å²) in [5.41, 5.74) is 7.47. The fraction of sp³-hybridized carbons (Fsp3) is 0.300. The molecule has 1 unspecified atom stereocenters. The first-order chi connectivity index (χ1) is 19.2. The summed E-state index contributed by atoms with van der Waals surface area (Å²) in [6, 6.07) is 15.2. The quantitative estimate of drug-likeness (QED) is 0.308. The summed E-state index contributed by atoms with van der Waals surface area (Å²) in [4.78, 5) is 21.2. The lowest BCUT2D eigenvalue weighted by Gasteiger charge is -2.23. The van der Waals surface area contributed by atoms with Crippen LogP contribution in [0.3, 0.4) is 0 Å². The first-order valence-corrected chi connectivity index (χ1v) is 13.0. The van der Waals surface area contributed by atoms with Crippen molar-refractivity contribution >= 4 is 16.8 Å². The number of methoxy groups -OCH3 is 1. The lowest BCUT2D eigenvalue weighted by Crippen LogP contribution is -2.30. The fourth-order valence-corrected chi connectivity index (χ4v) is 5.07. The average molecular weight is 551 g/mol. The van der Waals surface area contributed by atoms with Gasteiger partial charge in [0.2, 0.25) is 5.91 Å². The summed E-state index contributed by atoms with van der Waals surface area (Å²) >= 11 is 0. The summed E-state index contributed by atoms with van der Waals surface area (Å²) in [5, 5.41) is 4.09. The van der Waals surface area contributed by atoms with Crippen LogP contribution in [-0.2, 0) is 11.0 Å². The van der Waals surface area contributed by atoms with Gasteiger partial charge in [-0.25, -0.2) is 9.97 Å². The summed E-state index contributed by atoms with van der Waals surface area (Å²) in [6.07, 6.45) is -0.954. The number of hydrogen-bond donors (Lipinski definition) is 2. The Morgan fingerprint density at radius 2 is 1.77 bits per heavy atom. The molecule has 1 aromatic heterocycles. The molecule has 7 nitrogen and oxygen atoms in total. The molecule has 40 heavy (non-hydrogen) atoms. The molecule has 5 rings (SSSR count). The third-order valence-electron chi connectivity index (χ3n) is 7.20. The van der Waals surface area contributed by atoms with Crippen LogP contribution in [0.2, 0.25) is 0 Å². The minimum Gasteiger partial charge on any atom is -0.493 e. The summed E-state index contributed by atoms with van der Waals surface area (Å²) in [7, 11) is 1.58. The Labute approximate surface area is 229 Å². The van der Waals surface area contributed by atoms with Gasteiger partial charge in [-0.2, -0.15) is 13.2 Å². The average Bonchev–Trinajstić information content (AvgIpc) is 2.96. The smallest absolute Gasteiger partial charge is 0.416 e. The van der Waals surface area contributed by atoms with Crippen molar-refractivity contribution in [2.45, 2.75) is 24.9 Å². The van der Waals surface area contributed by atoms with E-state index in [-0.39, 0.29) is 5.56 Å². The van der Waals surface area contributed by atoms with Gasteiger partial charge in [-0.1, -0.05) is 42.5 Å². The zero-order valence-corrected chi connectivity index (χ0v) is 21.9. The maximum absolute atomic E-state index is 13.3. The van der Waals surface area contributed by atoms with E-state index in [1.807, 2.05) is 12.1 Å². The number of amides is 1. The predicted molar refractivity (Wildman–Crippen MR) is 145 cm³/mol. The Kier molecular flexibility index (Phi) is 7.88. The number of primary amides is 1. The summed E-state index contributed by atoms with van der Waals surface area (Å²) < 4.78 is 51.5. The van der Waals surface area contributed by atoms with Crippen LogP contribution in [0.5, 0.6) is 11.5 Å². The Balaban J connectivity index is 1.45. The molecular weight excluding hydrogens is 521 g/mol. The van der Waals surface area contributed by atoms with Gasteiger partial charge in [0, 0.05) is 17.0 Å². The third kappa shape index (κ3) is 5.86. The number of rotatable bonds is 8. The lowest BCUT2D eigenvalue weighted by atomic mass is 9.89. The molecule has 0 saturated carbocycles. The van der Waals surface area contributed by atoms with E-state index in [0.29, 0.717) is 40.8 Å². The number of carbonyl (C=O) groups excluding carboxylic acids is 1. The third-order valence-corrected chi connectivity index (χ3v) is 7.20. The van der Waals surface area contributed by atoms with E-state index >= 15 is 0 Å². The number of alkyl halides is 3. The molecule has 3 N–H and O–H groups in total. The minimum atomic E-state index is -4.53. The van der Waals surface area contributed by atoms with Gasteiger partial charge in [0.05, 0.1) is 36.4 Å². The number of nitrogens with zero attached hydrogens (tertiary/aromatic N) is 2. The Bertz CT molecular complexity index is 1500. The molecule has 2 heterocycles. The zero-order chi connectivity index (χ0) is 28.3. The van der Waals surface area contributed by atoms with Crippen LogP contribution < -0.4 is 20.5 Å². The number of benzene rings is 3. The monoisotopic (exact) mass is 550 g/mol. The van der Waals surface area contributed by atoms with Gasteiger partial charge < -0.3 is 20.5 Å². The topological polar surface area (TPSA) is 99.4 Å². The molecular formula is C30H29F3N4O3. The minimum absolute atomic E-state index is 0.171. The van der Waals surface area contributed by atoms with Crippen LogP contribution in [0.4, 0.5) is 13.2 Å². The second-order valence-electron chi connectivity index (χ2n) is 9.83. The van der Waals surface area contributed by atoms with Crippen LogP contribution >= 0.6 is 0 Å². The number of carbonyl (C=O) groups is 1. The summed E-state index contributed by atoms with van der Waals surface area (Å²) in [5.74, 6) is -0.146. The molecule has 0 spiro atoms. The molecule has 4 aromatic rings. The molecule has 1 fully saturated rings. The van der Waals surface area contributed by atoms with E-state index in [0.717, 1.165) is 49.0 Å². The second-order valence-corrected chi connectivity index (χ2v) is 9.83. The molecule has 0 aliphatic carbocycles. The molecule has 1 saturated heterocycles. The maximum atomic E-state index is 13.3. The highest BCUT2D eigenvalue weighted by Crippen LogP contribution is 2.37. The zero-order valence-electron chi connectivity index (χ0n) is 21.9. The Hall–Kier alpha value is -4.18. The van der Waals surface area contributed by atoms with Crippen molar-refractivity contribution in [3.05, 3.63) is 83.7 Å². The van der Waals surface area contributed by atoms with E-state index in [1.54, 1.807) is 31.4 Å². The van der Waals surface area contributed by atoms with E-state index in [9.17, 15) is 18.0 Å². The molecule has 208 valence electrons. The largest absolute Gasteiger partial charge is 0.493 e. The van der Waals surface area contributed by atoms with Gasteiger partial charge in [0.15, 0.2) is 11.5 Å². The van der Waals surface area contributed by atoms with Crippen molar-refractivity contribution in [1.29, 1.82) is 0 Å². The van der Waals surface area contributed by atoms with Crippen molar-refractivity contribution in [3.63, 3.8) is 0 Å². The van der Waals surface area contributed by atoms with Gasteiger partial charge in [0.25, 0.3) is 0 Å². The van der Waals surface area contributed by atoms with Gasteiger partial charge in [-0.15, -0.1) is 0 Å². The highest BCUT2D eigenvalue weighted by atomic mass is 19.4. The molecule has 0 bridgehead atoms. The maximum Gasteiger partial charge on any atom is 0.416 e. The van der Waals surface area contributed by atoms with Crippen molar-refractivity contribution in [2.24, 2.45) is 11.7 Å². The number of ether oxygens (including phenoxy) is 2. The number of nitrogens with one attached hydrogen (secondary N) is 1. The second kappa shape index (κ2) is 11.5. The molecule has 1 aliphatic heterocycles. The van der Waals surface area contributed by atoms with E-state index in [2.05, 4.69) is 15.3 Å². The number of nitrogens with two attached hydrogens (primary N) is 1. The van der Waals surface area contributed by atoms with Crippen molar-refractivity contribution in [3.8, 4) is 22.8 Å². The predicted octanol–water partition coefficient (Wildman–Crippen LogP) is 5.32. The molecule has 1 amide bonds. The Morgan fingerprint density at radius 1 is 1.02 bits per heavy atom. The van der Waals surface area contributed by atoms with Crippen molar-refractivity contribution in [1.82, 2.24) is 15.3 Å². The molecule has 10 heteroatoms. The normalized spacial score (nSPS) is 15.1. The van der Waals surface area contributed by atoms with E-state index in [1.165, 1.54) is 18.5 Å². The molecule has 0 radical (unpaired) electrons. The van der Waals surface area contributed by atoms with Gasteiger partial charge in [-0.3, -0.25) is 4.79 Å². The van der Waals surface area contributed by atoms with E-state index in [4.69, 9.17) is 15.2 Å². The van der Waals surface area contributed by atoms with Crippen LogP contribution in [0, 0.1) is 5.92 Å². The summed E-state index contributed by atoms with van der Waals surface area (Å²) in [6.45, 7) is 2.56. The van der Waals surface area contributed by atoms with Gasteiger partial charge in [-0.05, 0) is 55.1 Å². The standard InChI is InChI=1S/C30H29F3N4O3/c1-39-25-14-23-24(15-26(25)40-16-18-9-11-35-12-10-18)36-17-37-28(23)20-7-5-19(6-8-20)27(29(34)38)21-3-2-4-22(13-21)30(31,32)33/h2-8,13-15,17-18,27,35H,9-12,16H2,1H3,(H2,34,38). The molecule has 1 aliphatic rings. The number of halogens is 3. The molecule has 3 aromatic carbocycles.